The zero-order chi connectivity index (χ0) is 15.4. The second-order valence-corrected chi connectivity index (χ2v) is 7.24. The molecule has 2 saturated heterocycles. The lowest BCUT2D eigenvalue weighted by Crippen LogP contribution is -2.42. The molecular formula is C12H10ClF3N2O2S. The summed E-state index contributed by atoms with van der Waals surface area (Å²) in [6.45, 7) is 0.342. The molecular weight excluding hydrogens is 329 g/mol. The van der Waals surface area contributed by atoms with Gasteiger partial charge in [-0.3, -0.25) is 9.00 Å². The lowest BCUT2D eigenvalue weighted by molar-refractivity contribution is -0.137. The SMILES string of the molecule is O=C(c1ncc(C(F)(F)F)cc1Cl)N1C[C@@H]2C[C@H]1CS2=O. The molecule has 3 heterocycles. The van der Waals surface area contributed by atoms with Gasteiger partial charge in [0.2, 0.25) is 0 Å². The van der Waals surface area contributed by atoms with Crippen LogP contribution in [0, 0.1) is 0 Å². The average Bonchev–Trinajstić information content (AvgIpc) is 2.95. The zero-order valence-corrected chi connectivity index (χ0v) is 12.1. The van der Waals surface area contributed by atoms with Crippen molar-refractivity contribution in [3.05, 3.63) is 28.5 Å². The molecule has 3 rings (SSSR count). The van der Waals surface area contributed by atoms with E-state index < -0.39 is 28.4 Å². The summed E-state index contributed by atoms with van der Waals surface area (Å²) in [7, 11) is -0.921. The van der Waals surface area contributed by atoms with E-state index in [1.54, 1.807) is 0 Å². The summed E-state index contributed by atoms with van der Waals surface area (Å²) in [5.41, 5.74) is -1.18. The van der Waals surface area contributed by atoms with Crippen LogP contribution in [0.2, 0.25) is 5.02 Å². The Labute approximate surface area is 125 Å². The van der Waals surface area contributed by atoms with Crippen LogP contribution >= 0.6 is 11.6 Å². The Morgan fingerprint density at radius 1 is 1.48 bits per heavy atom. The van der Waals surface area contributed by atoms with Gasteiger partial charge < -0.3 is 4.90 Å². The van der Waals surface area contributed by atoms with Crippen molar-refractivity contribution in [1.82, 2.24) is 9.88 Å². The van der Waals surface area contributed by atoms with Crippen LogP contribution in [0.4, 0.5) is 13.2 Å². The molecule has 4 nitrogen and oxygen atoms in total. The molecule has 0 N–H and O–H groups in total. The molecule has 2 bridgehead atoms. The fraction of sp³-hybridized carbons (Fsp3) is 0.500. The van der Waals surface area contributed by atoms with Gasteiger partial charge in [0.05, 0.1) is 15.8 Å². The first kappa shape index (κ1) is 14.8. The number of alkyl halides is 3. The number of halogens is 4. The maximum Gasteiger partial charge on any atom is 0.417 e. The second kappa shape index (κ2) is 4.95. The molecule has 21 heavy (non-hydrogen) atoms. The molecule has 2 aliphatic rings. The van der Waals surface area contributed by atoms with E-state index in [9.17, 15) is 22.2 Å². The number of amides is 1. The predicted molar refractivity (Wildman–Crippen MR) is 70.5 cm³/mol. The molecule has 0 saturated carbocycles. The molecule has 1 aromatic rings. The standard InChI is InChI=1S/C12H10ClF3N2O2S/c13-9-1-6(12(14,15)16)3-17-10(9)11(19)18-4-8-2-7(18)5-21(8)20/h1,3,7-8H,2,4-5H2/t7-,8-,21?/m0/s1. The molecule has 2 fully saturated rings. The van der Waals surface area contributed by atoms with Crippen molar-refractivity contribution >= 4 is 28.3 Å². The van der Waals surface area contributed by atoms with Crippen LogP contribution in [0.3, 0.4) is 0 Å². The molecule has 0 spiro atoms. The largest absolute Gasteiger partial charge is 0.417 e. The number of fused-ring (bicyclic) bond motifs is 2. The van der Waals surface area contributed by atoms with Crippen molar-refractivity contribution in [2.45, 2.75) is 23.9 Å². The highest BCUT2D eigenvalue weighted by Crippen LogP contribution is 2.34. The fourth-order valence-corrected chi connectivity index (χ4v) is 4.66. The Kier molecular flexibility index (Phi) is 3.48. The van der Waals surface area contributed by atoms with E-state index in [4.69, 9.17) is 11.6 Å². The van der Waals surface area contributed by atoms with Crippen LogP contribution in [0.25, 0.3) is 0 Å². The molecule has 114 valence electrons. The van der Waals surface area contributed by atoms with Crippen molar-refractivity contribution in [1.29, 1.82) is 0 Å². The maximum absolute atomic E-state index is 12.5. The van der Waals surface area contributed by atoms with Gasteiger partial charge in [-0.05, 0) is 12.5 Å². The minimum Gasteiger partial charge on any atom is -0.332 e. The number of carbonyl (C=O) groups excluding carboxylic acids is 1. The van der Waals surface area contributed by atoms with Gasteiger partial charge in [-0.2, -0.15) is 13.2 Å². The van der Waals surface area contributed by atoms with E-state index in [1.807, 2.05) is 0 Å². The third-order valence-electron chi connectivity index (χ3n) is 3.74. The molecule has 9 heteroatoms. The van der Waals surface area contributed by atoms with Crippen molar-refractivity contribution in [2.24, 2.45) is 0 Å². The number of hydrogen-bond donors (Lipinski definition) is 0. The molecule has 2 aliphatic heterocycles. The van der Waals surface area contributed by atoms with Crippen LogP contribution in [-0.2, 0) is 17.0 Å². The molecule has 0 radical (unpaired) electrons. The van der Waals surface area contributed by atoms with Crippen molar-refractivity contribution < 1.29 is 22.2 Å². The van der Waals surface area contributed by atoms with E-state index in [-0.39, 0.29) is 22.0 Å². The van der Waals surface area contributed by atoms with Gasteiger partial charge in [-0.15, -0.1) is 0 Å². The summed E-state index contributed by atoms with van der Waals surface area (Å²) in [5, 5.41) is -0.370. The summed E-state index contributed by atoms with van der Waals surface area (Å²) < 4.78 is 49.2. The minimum atomic E-state index is -4.55. The first-order valence-electron chi connectivity index (χ1n) is 6.18. The lowest BCUT2D eigenvalue weighted by atomic mass is 10.2. The molecule has 1 unspecified atom stereocenters. The first-order chi connectivity index (χ1) is 9.77. The Morgan fingerprint density at radius 3 is 2.67 bits per heavy atom. The Balaban J connectivity index is 1.85. The third-order valence-corrected chi connectivity index (χ3v) is 5.82. The molecule has 1 aromatic heterocycles. The maximum atomic E-state index is 12.5. The van der Waals surface area contributed by atoms with Gasteiger partial charge >= 0.3 is 6.18 Å². The van der Waals surface area contributed by atoms with Crippen LogP contribution in [0.5, 0.6) is 0 Å². The number of hydrogen-bond acceptors (Lipinski definition) is 3. The lowest BCUT2D eigenvalue weighted by Gasteiger charge is -2.26. The number of aromatic nitrogens is 1. The van der Waals surface area contributed by atoms with Gasteiger partial charge in [0.15, 0.2) is 0 Å². The normalized spacial score (nSPS) is 28.2. The summed E-state index contributed by atoms with van der Waals surface area (Å²) >= 11 is 5.77. The quantitative estimate of drug-likeness (QED) is 0.788. The van der Waals surface area contributed by atoms with Gasteiger partial charge in [0, 0.05) is 35.3 Å². The summed E-state index contributed by atoms with van der Waals surface area (Å²) in [4.78, 5) is 17.4. The average molecular weight is 339 g/mol. The van der Waals surface area contributed by atoms with E-state index in [0.29, 0.717) is 31.0 Å². The topological polar surface area (TPSA) is 50.3 Å². The Bertz CT molecular complexity index is 637. The number of nitrogens with zero attached hydrogens (tertiary/aromatic N) is 2. The predicted octanol–water partition coefficient (Wildman–Crippen LogP) is 2.10. The van der Waals surface area contributed by atoms with Crippen molar-refractivity contribution in [3.63, 3.8) is 0 Å². The fourth-order valence-electron chi connectivity index (χ4n) is 2.68. The van der Waals surface area contributed by atoms with Gasteiger partial charge in [-0.25, -0.2) is 4.98 Å². The molecule has 0 aliphatic carbocycles. The first-order valence-corrected chi connectivity index (χ1v) is 7.94. The van der Waals surface area contributed by atoms with Crippen molar-refractivity contribution in [2.75, 3.05) is 12.3 Å². The van der Waals surface area contributed by atoms with Gasteiger partial charge in [0.1, 0.15) is 5.69 Å². The highest BCUT2D eigenvalue weighted by molar-refractivity contribution is 7.86. The Hall–Kier alpha value is -1.15. The van der Waals surface area contributed by atoms with Crippen LogP contribution in [-0.4, -0.2) is 43.6 Å². The monoisotopic (exact) mass is 338 g/mol. The second-order valence-electron chi connectivity index (χ2n) is 5.07. The summed E-state index contributed by atoms with van der Waals surface area (Å²) in [6.07, 6.45) is -3.29. The number of carbonyl (C=O) groups is 1. The molecule has 0 aromatic carbocycles. The summed E-state index contributed by atoms with van der Waals surface area (Å²) in [6, 6.07) is 0.567. The van der Waals surface area contributed by atoms with Crippen LogP contribution in [0.15, 0.2) is 12.3 Å². The van der Waals surface area contributed by atoms with E-state index in [2.05, 4.69) is 4.98 Å². The Morgan fingerprint density at radius 2 is 2.19 bits per heavy atom. The molecule has 1 amide bonds. The summed E-state index contributed by atoms with van der Waals surface area (Å²) in [5.74, 6) is -0.0906. The van der Waals surface area contributed by atoms with Crippen LogP contribution < -0.4 is 0 Å². The van der Waals surface area contributed by atoms with E-state index in [0.717, 1.165) is 0 Å². The number of likely N-dealkylation sites (tertiary alicyclic amines) is 1. The minimum absolute atomic E-state index is 0.0489. The van der Waals surface area contributed by atoms with Gasteiger partial charge in [-0.1, -0.05) is 11.6 Å². The highest BCUT2D eigenvalue weighted by atomic mass is 35.5. The van der Waals surface area contributed by atoms with E-state index in [1.165, 1.54) is 4.90 Å². The van der Waals surface area contributed by atoms with E-state index >= 15 is 0 Å². The van der Waals surface area contributed by atoms with Crippen LogP contribution in [0.1, 0.15) is 22.5 Å². The highest BCUT2D eigenvalue weighted by Gasteiger charge is 2.46. The van der Waals surface area contributed by atoms with Crippen molar-refractivity contribution in [3.8, 4) is 0 Å². The van der Waals surface area contributed by atoms with Gasteiger partial charge in [0.25, 0.3) is 5.91 Å². The third kappa shape index (κ3) is 2.55. The number of rotatable bonds is 1. The number of pyridine rings is 1. The smallest absolute Gasteiger partial charge is 0.332 e. The zero-order valence-electron chi connectivity index (χ0n) is 10.6. The molecule has 3 atom stereocenters.